The van der Waals surface area contributed by atoms with Gasteiger partial charge in [0.1, 0.15) is 10.7 Å². The minimum absolute atomic E-state index is 0.0922. The molecule has 0 aliphatic heterocycles. The number of carboxylic acid groups (broad SMARTS) is 1. The van der Waals surface area contributed by atoms with Gasteiger partial charge in [-0.3, -0.25) is 0 Å². The lowest BCUT2D eigenvalue weighted by Gasteiger charge is -2.00. The van der Waals surface area contributed by atoms with Gasteiger partial charge in [-0.1, -0.05) is 0 Å². The Labute approximate surface area is 92.7 Å². The molecule has 3 nitrogen and oxygen atoms in total. The van der Waals surface area contributed by atoms with Crippen LogP contribution in [0.4, 0.5) is 0 Å². The predicted molar refractivity (Wildman–Crippen MR) is 59.8 cm³/mol. The van der Waals surface area contributed by atoms with Crippen molar-refractivity contribution < 1.29 is 14.7 Å². The van der Waals surface area contributed by atoms with Gasteiger partial charge in [0, 0.05) is 11.3 Å². The molecule has 0 unspecified atom stereocenters. The van der Waals surface area contributed by atoms with Gasteiger partial charge in [0.2, 0.25) is 0 Å². The Bertz CT molecular complexity index is 404. The van der Waals surface area contributed by atoms with E-state index in [9.17, 15) is 9.59 Å². The number of aromatic carboxylic acids is 1. The maximum absolute atomic E-state index is 11.0. The van der Waals surface area contributed by atoms with Crippen LogP contribution in [0.25, 0.3) is 0 Å². The Kier molecular flexibility index (Phi) is 3.63. The van der Waals surface area contributed by atoms with Crippen molar-refractivity contribution in [2.75, 3.05) is 0 Å². The van der Waals surface area contributed by atoms with Crippen LogP contribution in [0.5, 0.6) is 0 Å². The number of thiophene rings is 1. The van der Waals surface area contributed by atoms with Gasteiger partial charge >= 0.3 is 5.97 Å². The zero-order valence-electron chi connectivity index (χ0n) is 9.09. The van der Waals surface area contributed by atoms with E-state index in [4.69, 9.17) is 5.11 Å². The molecule has 0 aliphatic rings. The maximum Gasteiger partial charge on any atom is 0.346 e. The van der Waals surface area contributed by atoms with E-state index in [1.165, 1.54) is 18.3 Å². The summed E-state index contributed by atoms with van der Waals surface area (Å²) in [6.07, 6.45) is 0.949. The largest absolute Gasteiger partial charge is 0.477 e. The van der Waals surface area contributed by atoms with Gasteiger partial charge in [-0.2, -0.15) is 0 Å². The highest BCUT2D eigenvalue weighted by Gasteiger charge is 2.17. The average molecular weight is 226 g/mol. The second kappa shape index (κ2) is 4.57. The number of carbonyl (C=O) groups is 2. The zero-order valence-corrected chi connectivity index (χ0v) is 9.90. The van der Waals surface area contributed by atoms with Crippen LogP contribution in [-0.2, 0) is 11.2 Å². The van der Waals surface area contributed by atoms with E-state index in [1.807, 2.05) is 13.8 Å². The number of hydrogen-bond donors (Lipinski definition) is 1. The summed E-state index contributed by atoms with van der Waals surface area (Å²) in [5, 5.41) is 8.99. The molecule has 0 saturated carbocycles. The molecule has 0 spiro atoms. The molecular formula is C11H14O3S. The maximum atomic E-state index is 11.0. The van der Waals surface area contributed by atoms with Gasteiger partial charge in [0.15, 0.2) is 0 Å². The monoisotopic (exact) mass is 226 g/mol. The van der Waals surface area contributed by atoms with Gasteiger partial charge in [0.25, 0.3) is 0 Å². The lowest BCUT2D eigenvalue weighted by molar-refractivity contribution is -0.116. The van der Waals surface area contributed by atoms with Crippen molar-refractivity contribution in [1.82, 2.24) is 0 Å². The first kappa shape index (κ1) is 11.9. The molecule has 1 heterocycles. The van der Waals surface area contributed by atoms with E-state index in [2.05, 4.69) is 0 Å². The number of aryl methyl sites for hydroxylation is 1. The van der Waals surface area contributed by atoms with Gasteiger partial charge in [-0.25, -0.2) is 4.79 Å². The van der Waals surface area contributed by atoms with Crippen molar-refractivity contribution in [3.8, 4) is 0 Å². The fourth-order valence-electron chi connectivity index (χ4n) is 1.45. The first-order valence-electron chi connectivity index (χ1n) is 4.75. The Hall–Kier alpha value is -1.16. The van der Waals surface area contributed by atoms with E-state index >= 15 is 0 Å². The molecule has 1 N–H and O–H groups in total. The molecule has 0 bridgehead atoms. The van der Waals surface area contributed by atoms with Crippen LogP contribution in [0.15, 0.2) is 0 Å². The summed E-state index contributed by atoms with van der Waals surface area (Å²) >= 11 is 1.29. The van der Waals surface area contributed by atoms with Crippen LogP contribution in [0.3, 0.4) is 0 Å². The molecule has 1 rings (SSSR count). The lowest BCUT2D eigenvalue weighted by atomic mass is 10.0. The third-order valence-electron chi connectivity index (χ3n) is 2.43. The van der Waals surface area contributed by atoms with Crippen LogP contribution in [0.1, 0.15) is 39.0 Å². The highest BCUT2D eigenvalue weighted by Crippen LogP contribution is 2.28. The topological polar surface area (TPSA) is 54.4 Å². The molecule has 0 atom stereocenters. The molecular weight excluding hydrogens is 212 g/mol. The SMILES string of the molecule is CC(=O)CCc1c(C(=O)O)sc(C)c1C. The molecule has 4 heteroatoms. The summed E-state index contributed by atoms with van der Waals surface area (Å²) in [6, 6.07) is 0. The fourth-order valence-corrected chi connectivity index (χ4v) is 2.50. The first-order valence-corrected chi connectivity index (χ1v) is 5.56. The fraction of sp³-hybridized carbons (Fsp3) is 0.455. The summed E-state index contributed by atoms with van der Waals surface area (Å²) in [5.41, 5.74) is 1.83. The molecule has 0 aromatic carbocycles. The van der Waals surface area contributed by atoms with E-state index in [0.717, 1.165) is 16.0 Å². The normalized spacial score (nSPS) is 10.3. The summed E-state index contributed by atoms with van der Waals surface area (Å²) in [6.45, 7) is 5.34. The van der Waals surface area contributed by atoms with E-state index in [1.54, 1.807) is 0 Å². The van der Waals surface area contributed by atoms with Crippen molar-refractivity contribution in [1.29, 1.82) is 0 Å². The molecule has 0 aliphatic carbocycles. The van der Waals surface area contributed by atoms with Crippen LogP contribution < -0.4 is 0 Å². The quantitative estimate of drug-likeness (QED) is 0.858. The number of ketones is 1. The molecule has 1 aromatic rings. The molecule has 0 fully saturated rings. The predicted octanol–water partition coefficient (Wildman–Crippen LogP) is 2.58. The molecule has 0 amide bonds. The Morgan fingerprint density at radius 1 is 1.33 bits per heavy atom. The Morgan fingerprint density at radius 2 is 1.93 bits per heavy atom. The minimum Gasteiger partial charge on any atom is -0.477 e. The van der Waals surface area contributed by atoms with Crippen LogP contribution >= 0.6 is 11.3 Å². The van der Waals surface area contributed by atoms with Crippen molar-refractivity contribution in [2.45, 2.75) is 33.6 Å². The highest BCUT2D eigenvalue weighted by atomic mass is 32.1. The summed E-state index contributed by atoms with van der Waals surface area (Å²) in [4.78, 5) is 23.2. The van der Waals surface area contributed by atoms with E-state index < -0.39 is 5.97 Å². The molecule has 1 aromatic heterocycles. The number of Topliss-reactive ketones (excluding diaryl/α,β-unsaturated/α-hetero) is 1. The van der Waals surface area contributed by atoms with Crippen LogP contribution in [0, 0.1) is 13.8 Å². The van der Waals surface area contributed by atoms with Gasteiger partial charge in [0.05, 0.1) is 0 Å². The van der Waals surface area contributed by atoms with Gasteiger partial charge in [-0.15, -0.1) is 11.3 Å². The van der Waals surface area contributed by atoms with Crippen molar-refractivity contribution in [3.05, 3.63) is 20.9 Å². The summed E-state index contributed by atoms with van der Waals surface area (Å²) in [7, 11) is 0. The van der Waals surface area contributed by atoms with Gasteiger partial charge < -0.3 is 9.90 Å². The lowest BCUT2D eigenvalue weighted by Crippen LogP contribution is -2.01. The average Bonchev–Trinajstić information content (AvgIpc) is 2.41. The Balaban J connectivity index is 3.02. The third kappa shape index (κ3) is 2.65. The first-order chi connectivity index (χ1) is 6.93. The molecule has 0 saturated heterocycles. The number of hydrogen-bond acceptors (Lipinski definition) is 3. The van der Waals surface area contributed by atoms with Crippen LogP contribution in [0.2, 0.25) is 0 Å². The third-order valence-corrected chi connectivity index (χ3v) is 3.67. The Morgan fingerprint density at radius 3 is 2.40 bits per heavy atom. The van der Waals surface area contributed by atoms with E-state index in [-0.39, 0.29) is 5.78 Å². The number of carboxylic acids is 1. The standard InChI is InChI=1S/C11H14O3S/c1-6(12)4-5-9-7(2)8(3)15-10(9)11(13)14/h4-5H2,1-3H3,(H,13,14). The second-order valence-corrected chi connectivity index (χ2v) is 4.82. The van der Waals surface area contributed by atoms with E-state index in [0.29, 0.717) is 17.7 Å². The molecule has 0 radical (unpaired) electrons. The number of rotatable bonds is 4. The molecule has 82 valence electrons. The van der Waals surface area contributed by atoms with Crippen molar-refractivity contribution in [3.63, 3.8) is 0 Å². The zero-order chi connectivity index (χ0) is 11.6. The highest BCUT2D eigenvalue weighted by molar-refractivity contribution is 7.14. The second-order valence-electron chi connectivity index (χ2n) is 3.60. The van der Waals surface area contributed by atoms with Gasteiger partial charge in [-0.05, 0) is 38.3 Å². The van der Waals surface area contributed by atoms with Crippen molar-refractivity contribution in [2.24, 2.45) is 0 Å². The number of carbonyl (C=O) groups excluding carboxylic acids is 1. The smallest absolute Gasteiger partial charge is 0.346 e. The van der Waals surface area contributed by atoms with Crippen LogP contribution in [-0.4, -0.2) is 16.9 Å². The molecule has 15 heavy (non-hydrogen) atoms. The summed E-state index contributed by atoms with van der Waals surface area (Å²) < 4.78 is 0. The van der Waals surface area contributed by atoms with Crippen molar-refractivity contribution >= 4 is 23.1 Å². The minimum atomic E-state index is -0.894. The summed E-state index contributed by atoms with van der Waals surface area (Å²) in [5.74, 6) is -0.802.